The van der Waals surface area contributed by atoms with Crippen molar-refractivity contribution < 1.29 is 17.9 Å². The number of aromatic nitrogens is 2. The lowest BCUT2D eigenvalue weighted by Crippen LogP contribution is -2.37. The minimum atomic E-state index is -3.50. The van der Waals surface area contributed by atoms with Crippen LogP contribution in [-0.4, -0.2) is 68.3 Å². The van der Waals surface area contributed by atoms with Crippen molar-refractivity contribution in [1.82, 2.24) is 14.9 Å². The first-order valence-corrected chi connectivity index (χ1v) is 13.0. The molecular weight excluding hydrogens is 464 g/mol. The quantitative estimate of drug-likeness (QED) is 0.611. The first kappa shape index (κ1) is 25.4. The van der Waals surface area contributed by atoms with E-state index in [0.717, 1.165) is 76.0 Å². The Balaban J connectivity index is 0.00000306. The SMILES string of the molecule is CS(=O)(=O)c1ncc(C(=O)Nc2ccc(CCN3CCOCC3)cc2C2=CCCCC2)[nH]1.Cl. The summed E-state index contributed by atoms with van der Waals surface area (Å²) in [4.78, 5) is 21.6. The second-order valence-corrected chi connectivity index (χ2v) is 10.3. The number of anilines is 1. The summed E-state index contributed by atoms with van der Waals surface area (Å²) in [5.74, 6) is -0.411. The van der Waals surface area contributed by atoms with E-state index in [-0.39, 0.29) is 23.3 Å². The Morgan fingerprint density at radius 1 is 1.24 bits per heavy atom. The minimum Gasteiger partial charge on any atom is -0.379 e. The molecule has 0 spiro atoms. The summed E-state index contributed by atoms with van der Waals surface area (Å²) < 4.78 is 28.7. The molecule has 8 nitrogen and oxygen atoms in total. The van der Waals surface area contributed by atoms with Gasteiger partial charge in [-0.05, 0) is 55.4 Å². The van der Waals surface area contributed by atoms with E-state index in [0.29, 0.717) is 0 Å². The van der Waals surface area contributed by atoms with Gasteiger partial charge in [-0.2, -0.15) is 0 Å². The van der Waals surface area contributed by atoms with Gasteiger partial charge in [0.1, 0.15) is 5.69 Å². The summed E-state index contributed by atoms with van der Waals surface area (Å²) in [6.45, 7) is 4.49. The van der Waals surface area contributed by atoms with Crippen molar-refractivity contribution >= 4 is 39.4 Å². The van der Waals surface area contributed by atoms with Crippen LogP contribution in [0.2, 0.25) is 0 Å². The first-order chi connectivity index (χ1) is 15.4. The Bertz CT molecular complexity index is 1110. The fourth-order valence-electron chi connectivity index (χ4n) is 4.11. The Hall–Kier alpha value is -2.20. The number of carbonyl (C=O) groups is 1. The number of ether oxygens (including phenoxy) is 1. The summed E-state index contributed by atoms with van der Waals surface area (Å²) in [6, 6.07) is 6.19. The van der Waals surface area contributed by atoms with Gasteiger partial charge in [-0.15, -0.1) is 12.4 Å². The Morgan fingerprint density at radius 3 is 2.70 bits per heavy atom. The third kappa shape index (κ3) is 6.66. The van der Waals surface area contributed by atoms with Gasteiger partial charge in [-0.25, -0.2) is 13.4 Å². The molecule has 0 unspecified atom stereocenters. The Labute approximate surface area is 201 Å². The van der Waals surface area contributed by atoms with E-state index in [4.69, 9.17) is 4.74 Å². The molecule has 1 aromatic carbocycles. The van der Waals surface area contributed by atoms with Gasteiger partial charge in [0, 0.05) is 37.1 Å². The molecule has 1 fully saturated rings. The molecule has 2 N–H and O–H groups in total. The highest BCUT2D eigenvalue weighted by Crippen LogP contribution is 2.33. The number of allylic oxidation sites excluding steroid dienone is 2. The van der Waals surface area contributed by atoms with E-state index in [1.54, 1.807) is 0 Å². The summed E-state index contributed by atoms with van der Waals surface area (Å²) >= 11 is 0. The molecule has 4 rings (SSSR count). The molecular formula is C23H31ClN4O4S. The fourth-order valence-corrected chi connectivity index (χ4v) is 4.65. The molecule has 0 bridgehead atoms. The lowest BCUT2D eigenvalue weighted by molar-refractivity contribution is 0.0384. The third-order valence-electron chi connectivity index (χ3n) is 5.94. The van der Waals surface area contributed by atoms with Crippen molar-refractivity contribution in [1.29, 1.82) is 0 Å². The fraction of sp³-hybridized carbons (Fsp3) is 0.478. The lowest BCUT2D eigenvalue weighted by Gasteiger charge is -2.26. The van der Waals surface area contributed by atoms with Crippen molar-refractivity contribution in [3.8, 4) is 0 Å². The number of carbonyl (C=O) groups excluding carboxylic acids is 1. The number of morpholine rings is 1. The minimum absolute atomic E-state index is 0. The van der Waals surface area contributed by atoms with E-state index < -0.39 is 15.7 Å². The molecule has 10 heteroatoms. The number of sulfone groups is 1. The molecule has 2 aromatic rings. The zero-order valence-corrected chi connectivity index (χ0v) is 20.4. The van der Waals surface area contributed by atoms with Crippen molar-refractivity contribution in [3.63, 3.8) is 0 Å². The van der Waals surface area contributed by atoms with Crippen LogP contribution in [0.5, 0.6) is 0 Å². The van der Waals surface area contributed by atoms with E-state index in [2.05, 4.69) is 38.4 Å². The smallest absolute Gasteiger partial charge is 0.273 e. The van der Waals surface area contributed by atoms with Gasteiger partial charge in [-0.3, -0.25) is 9.69 Å². The largest absolute Gasteiger partial charge is 0.379 e. The second-order valence-electron chi connectivity index (χ2n) is 8.39. The Morgan fingerprint density at radius 2 is 2.03 bits per heavy atom. The highest BCUT2D eigenvalue weighted by Gasteiger charge is 2.19. The maximum atomic E-state index is 12.8. The molecule has 0 saturated carbocycles. The van der Waals surface area contributed by atoms with Gasteiger partial charge in [-0.1, -0.05) is 12.1 Å². The van der Waals surface area contributed by atoms with Crippen LogP contribution in [0.15, 0.2) is 35.6 Å². The van der Waals surface area contributed by atoms with E-state index in [9.17, 15) is 13.2 Å². The van der Waals surface area contributed by atoms with Crippen LogP contribution in [0.3, 0.4) is 0 Å². The van der Waals surface area contributed by atoms with Crippen molar-refractivity contribution in [2.24, 2.45) is 0 Å². The van der Waals surface area contributed by atoms with Crippen LogP contribution in [0.25, 0.3) is 5.57 Å². The molecule has 2 aliphatic rings. The number of imidazole rings is 1. The predicted molar refractivity (Wildman–Crippen MR) is 131 cm³/mol. The van der Waals surface area contributed by atoms with Gasteiger partial charge in [0.25, 0.3) is 5.91 Å². The van der Waals surface area contributed by atoms with Gasteiger partial charge >= 0.3 is 0 Å². The molecule has 1 aromatic heterocycles. The molecule has 1 amide bonds. The zero-order valence-electron chi connectivity index (χ0n) is 18.8. The number of rotatable bonds is 7. The maximum absolute atomic E-state index is 12.8. The van der Waals surface area contributed by atoms with E-state index >= 15 is 0 Å². The first-order valence-electron chi connectivity index (χ1n) is 11.1. The van der Waals surface area contributed by atoms with Crippen molar-refractivity contribution in [3.05, 3.63) is 47.3 Å². The highest BCUT2D eigenvalue weighted by atomic mass is 35.5. The Kier molecular flexibility index (Phi) is 8.69. The van der Waals surface area contributed by atoms with Crippen molar-refractivity contribution in [2.75, 3.05) is 44.4 Å². The number of nitrogens with zero attached hydrogens (tertiary/aromatic N) is 2. The zero-order chi connectivity index (χ0) is 22.6. The lowest BCUT2D eigenvalue weighted by atomic mass is 9.91. The van der Waals surface area contributed by atoms with Gasteiger partial charge in [0.05, 0.1) is 19.4 Å². The van der Waals surface area contributed by atoms with Gasteiger partial charge in [0.15, 0.2) is 0 Å². The van der Waals surface area contributed by atoms with Crippen LogP contribution in [0, 0.1) is 0 Å². The van der Waals surface area contributed by atoms with E-state index in [1.165, 1.54) is 23.8 Å². The summed E-state index contributed by atoms with van der Waals surface area (Å²) in [6.07, 6.45) is 9.85. The number of halogens is 1. The summed E-state index contributed by atoms with van der Waals surface area (Å²) in [5, 5.41) is 2.74. The topological polar surface area (TPSA) is 104 Å². The molecule has 180 valence electrons. The molecule has 2 heterocycles. The standard InChI is InChI=1S/C23H30N4O4S.ClH/c1-32(29,30)23-24-16-21(26-23)22(28)25-20-8-7-17(9-10-27-11-13-31-14-12-27)15-19(20)18-5-3-2-4-6-18;/h5,7-8,15-16H,2-4,6,9-14H2,1H3,(H,24,26)(H,25,28);1H. The molecule has 33 heavy (non-hydrogen) atoms. The number of hydrogen-bond acceptors (Lipinski definition) is 6. The molecule has 0 atom stereocenters. The molecule has 1 aliphatic heterocycles. The third-order valence-corrected chi connectivity index (χ3v) is 6.85. The molecule has 0 radical (unpaired) electrons. The number of aromatic amines is 1. The van der Waals surface area contributed by atoms with E-state index in [1.807, 2.05) is 6.07 Å². The maximum Gasteiger partial charge on any atom is 0.273 e. The van der Waals surface area contributed by atoms with Crippen LogP contribution >= 0.6 is 12.4 Å². The average molecular weight is 495 g/mol. The number of hydrogen-bond donors (Lipinski definition) is 2. The summed E-state index contributed by atoms with van der Waals surface area (Å²) in [7, 11) is -3.50. The number of nitrogens with one attached hydrogen (secondary N) is 2. The van der Waals surface area contributed by atoms with Crippen LogP contribution in [-0.2, 0) is 21.0 Å². The second kappa shape index (κ2) is 11.3. The number of benzene rings is 1. The average Bonchev–Trinajstić information content (AvgIpc) is 3.31. The van der Waals surface area contributed by atoms with Gasteiger partial charge < -0.3 is 15.0 Å². The number of H-pyrrole nitrogens is 1. The number of amides is 1. The normalized spacial score (nSPS) is 17.2. The monoisotopic (exact) mass is 494 g/mol. The van der Waals surface area contributed by atoms with Crippen LogP contribution in [0.1, 0.15) is 47.3 Å². The van der Waals surface area contributed by atoms with Crippen LogP contribution < -0.4 is 5.32 Å². The molecule has 1 aliphatic carbocycles. The summed E-state index contributed by atoms with van der Waals surface area (Å²) in [5.41, 5.74) is 4.37. The van der Waals surface area contributed by atoms with Gasteiger partial charge in [0.2, 0.25) is 15.0 Å². The molecule has 1 saturated heterocycles. The van der Waals surface area contributed by atoms with Crippen molar-refractivity contribution in [2.45, 2.75) is 37.3 Å². The highest BCUT2D eigenvalue weighted by molar-refractivity contribution is 7.90. The van der Waals surface area contributed by atoms with Crippen LogP contribution in [0.4, 0.5) is 5.69 Å². The predicted octanol–water partition coefficient (Wildman–Crippen LogP) is 3.32.